The molecule has 192 valence electrons. The summed E-state index contributed by atoms with van der Waals surface area (Å²) in [5.74, 6) is -0.484. The van der Waals surface area contributed by atoms with E-state index >= 15 is 0 Å². The number of rotatable bonds is 12. The number of sulfonamides is 1. The summed E-state index contributed by atoms with van der Waals surface area (Å²) >= 11 is 12.4. The Hall–Kier alpha value is -2.29. The van der Waals surface area contributed by atoms with E-state index in [-0.39, 0.29) is 37.7 Å². The molecule has 0 aliphatic heterocycles. The van der Waals surface area contributed by atoms with Gasteiger partial charge in [0.05, 0.1) is 11.9 Å². The molecule has 7 nitrogen and oxygen atoms in total. The van der Waals surface area contributed by atoms with Crippen LogP contribution in [0.2, 0.25) is 10.0 Å². The fraction of sp³-hybridized carbons (Fsp3) is 0.440. The summed E-state index contributed by atoms with van der Waals surface area (Å²) in [6.07, 6.45) is 1.88. The van der Waals surface area contributed by atoms with E-state index in [0.29, 0.717) is 28.7 Å². The second kappa shape index (κ2) is 13.1. The van der Waals surface area contributed by atoms with Gasteiger partial charge in [-0.25, -0.2) is 8.42 Å². The van der Waals surface area contributed by atoms with Crippen molar-refractivity contribution in [2.75, 3.05) is 23.7 Å². The smallest absolute Gasteiger partial charge is 0.242 e. The number of anilines is 1. The summed E-state index contributed by atoms with van der Waals surface area (Å²) in [5.41, 5.74) is 1.97. The van der Waals surface area contributed by atoms with E-state index in [9.17, 15) is 18.0 Å². The van der Waals surface area contributed by atoms with Gasteiger partial charge < -0.3 is 10.2 Å². The number of carbonyl (C=O) groups is 2. The molecule has 0 saturated carbocycles. The van der Waals surface area contributed by atoms with Crippen LogP contribution in [0, 0.1) is 6.92 Å². The molecule has 1 N–H and O–H groups in total. The van der Waals surface area contributed by atoms with Gasteiger partial charge in [-0.1, -0.05) is 54.4 Å². The fourth-order valence-corrected chi connectivity index (χ4v) is 5.23. The van der Waals surface area contributed by atoms with E-state index in [1.165, 1.54) is 9.21 Å². The zero-order valence-corrected chi connectivity index (χ0v) is 22.9. The molecule has 0 aliphatic carbocycles. The quantitative estimate of drug-likeness (QED) is 0.418. The van der Waals surface area contributed by atoms with E-state index in [0.717, 1.165) is 17.4 Å². The third kappa shape index (κ3) is 8.12. The van der Waals surface area contributed by atoms with Crippen LogP contribution in [0.3, 0.4) is 0 Å². The van der Waals surface area contributed by atoms with Crippen LogP contribution in [0.4, 0.5) is 5.69 Å². The van der Waals surface area contributed by atoms with Crippen molar-refractivity contribution in [3.63, 3.8) is 0 Å². The summed E-state index contributed by atoms with van der Waals surface area (Å²) in [5, 5.41) is 3.73. The third-order valence-electron chi connectivity index (χ3n) is 5.63. The molecule has 0 aliphatic rings. The van der Waals surface area contributed by atoms with Gasteiger partial charge >= 0.3 is 0 Å². The van der Waals surface area contributed by atoms with Crippen LogP contribution >= 0.6 is 23.2 Å². The number of hydrogen-bond donors (Lipinski definition) is 1. The van der Waals surface area contributed by atoms with E-state index in [1.807, 2.05) is 26.0 Å². The van der Waals surface area contributed by atoms with Gasteiger partial charge in [0.25, 0.3) is 0 Å². The third-order valence-corrected chi connectivity index (χ3v) is 7.41. The molecule has 0 aromatic heterocycles. The average Bonchev–Trinajstić information content (AvgIpc) is 2.79. The van der Waals surface area contributed by atoms with Gasteiger partial charge in [-0.15, -0.1) is 0 Å². The molecule has 35 heavy (non-hydrogen) atoms. The van der Waals surface area contributed by atoms with Crippen LogP contribution in [0.25, 0.3) is 0 Å². The lowest BCUT2D eigenvalue weighted by Crippen LogP contribution is -2.49. The zero-order valence-electron chi connectivity index (χ0n) is 20.6. The molecule has 0 fully saturated rings. The molecular formula is C25H33Cl2N3O4S. The molecule has 0 unspecified atom stereocenters. The van der Waals surface area contributed by atoms with Crippen molar-refractivity contribution in [1.29, 1.82) is 0 Å². The van der Waals surface area contributed by atoms with Crippen LogP contribution in [0.1, 0.15) is 44.2 Å². The number of hydrogen-bond acceptors (Lipinski definition) is 4. The molecule has 2 aromatic carbocycles. The predicted octanol–water partition coefficient (Wildman–Crippen LogP) is 4.79. The largest absolute Gasteiger partial charge is 0.355 e. The van der Waals surface area contributed by atoms with Crippen molar-refractivity contribution in [3.05, 3.63) is 63.6 Å². The highest BCUT2D eigenvalue weighted by atomic mass is 35.5. The normalized spacial score (nSPS) is 12.2. The molecule has 0 radical (unpaired) electrons. The lowest BCUT2D eigenvalue weighted by atomic mass is 10.1. The van der Waals surface area contributed by atoms with Gasteiger partial charge in [-0.05, 0) is 56.0 Å². The molecule has 0 heterocycles. The minimum Gasteiger partial charge on any atom is -0.355 e. The molecule has 2 aromatic rings. The minimum absolute atomic E-state index is 0.0615. The Bertz CT molecular complexity index is 1140. The molecule has 10 heteroatoms. The fourth-order valence-electron chi connectivity index (χ4n) is 3.86. The molecule has 0 bridgehead atoms. The highest BCUT2D eigenvalue weighted by molar-refractivity contribution is 7.92. The van der Waals surface area contributed by atoms with Gasteiger partial charge in [-0.3, -0.25) is 13.9 Å². The first-order chi connectivity index (χ1) is 16.5. The van der Waals surface area contributed by atoms with Crippen molar-refractivity contribution in [1.82, 2.24) is 10.2 Å². The number of carbonyl (C=O) groups excluding carboxylic acids is 2. The van der Waals surface area contributed by atoms with E-state index in [4.69, 9.17) is 23.2 Å². The Kier molecular flexibility index (Phi) is 10.9. The summed E-state index contributed by atoms with van der Waals surface area (Å²) in [4.78, 5) is 27.6. The Balaban J connectivity index is 2.25. The molecular weight excluding hydrogens is 509 g/mol. The molecule has 0 saturated heterocycles. The van der Waals surface area contributed by atoms with Gasteiger partial charge in [0.1, 0.15) is 6.04 Å². The van der Waals surface area contributed by atoms with Crippen LogP contribution in [0.15, 0.2) is 42.5 Å². The Labute approximate surface area is 218 Å². The number of nitrogens with zero attached hydrogens (tertiary/aromatic N) is 2. The van der Waals surface area contributed by atoms with Crippen LogP contribution in [-0.2, 0) is 26.2 Å². The highest BCUT2D eigenvalue weighted by Crippen LogP contribution is 2.27. The van der Waals surface area contributed by atoms with Crippen molar-refractivity contribution in [2.24, 2.45) is 0 Å². The standard InChI is InChI=1S/C25H33Cl2N3O4S/c1-5-22(25(32)28-6-2)29(17-19-10-7-8-11-21(19)27)24(31)12-9-15-30(35(4,33)34)23-16-20(26)14-13-18(23)3/h7-8,10-11,13-14,16,22H,5-6,9,12,15,17H2,1-4H3,(H,28,32)/t22-/m0/s1. The first kappa shape index (κ1) is 28.9. The Morgan fingerprint density at radius 3 is 2.37 bits per heavy atom. The maximum absolute atomic E-state index is 13.4. The first-order valence-corrected chi connectivity index (χ1v) is 14.1. The number of benzene rings is 2. The van der Waals surface area contributed by atoms with Gasteiger partial charge in [-0.2, -0.15) is 0 Å². The highest BCUT2D eigenvalue weighted by Gasteiger charge is 2.29. The Morgan fingerprint density at radius 2 is 1.77 bits per heavy atom. The van der Waals surface area contributed by atoms with Crippen LogP contribution in [-0.4, -0.2) is 50.5 Å². The number of halogens is 2. The lowest BCUT2D eigenvalue weighted by Gasteiger charge is -2.31. The van der Waals surface area contributed by atoms with Gasteiger partial charge in [0.15, 0.2) is 0 Å². The van der Waals surface area contributed by atoms with Gasteiger partial charge in [0, 0.05) is 36.1 Å². The maximum Gasteiger partial charge on any atom is 0.242 e. The second-order valence-electron chi connectivity index (χ2n) is 8.30. The van der Waals surface area contributed by atoms with E-state index in [1.54, 1.807) is 37.3 Å². The number of nitrogens with one attached hydrogen (secondary N) is 1. The minimum atomic E-state index is -3.60. The molecule has 2 amide bonds. The summed E-state index contributed by atoms with van der Waals surface area (Å²) in [6, 6.07) is 11.6. The molecule has 0 spiro atoms. The first-order valence-electron chi connectivity index (χ1n) is 11.5. The SMILES string of the molecule is CCNC(=O)[C@H](CC)N(Cc1ccccc1Cl)C(=O)CCCN(c1cc(Cl)ccc1C)S(C)(=O)=O. The topological polar surface area (TPSA) is 86.8 Å². The number of aryl methyl sites for hydroxylation is 1. The zero-order chi connectivity index (χ0) is 26.2. The van der Waals surface area contributed by atoms with E-state index < -0.39 is 16.1 Å². The Morgan fingerprint density at radius 1 is 1.09 bits per heavy atom. The van der Waals surface area contributed by atoms with Crippen molar-refractivity contribution in [3.8, 4) is 0 Å². The number of amides is 2. The van der Waals surface area contributed by atoms with Crippen LogP contribution in [0.5, 0.6) is 0 Å². The summed E-state index contributed by atoms with van der Waals surface area (Å²) in [6.45, 7) is 6.20. The monoisotopic (exact) mass is 541 g/mol. The van der Waals surface area contributed by atoms with Crippen molar-refractivity contribution < 1.29 is 18.0 Å². The predicted molar refractivity (Wildman–Crippen MR) is 142 cm³/mol. The maximum atomic E-state index is 13.4. The lowest BCUT2D eigenvalue weighted by molar-refractivity contribution is -0.141. The summed E-state index contributed by atoms with van der Waals surface area (Å²) < 4.78 is 26.3. The van der Waals surface area contributed by atoms with Crippen molar-refractivity contribution >= 4 is 50.7 Å². The van der Waals surface area contributed by atoms with Crippen LogP contribution < -0.4 is 9.62 Å². The average molecular weight is 543 g/mol. The van der Waals surface area contributed by atoms with Crippen molar-refractivity contribution in [2.45, 2.75) is 52.6 Å². The van der Waals surface area contributed by atoms with E-state index in [2.05, 4.69) is 5.32 Å². The molecule has 2 rings (SSSR count). The molecule has 1 atom stereocenters. The second-order valence-corrected chi connectivity index (χ2v) is 11.1. The summed E-state index contributed by atoms with van der Waals surface area (Å²) in [7, 11) is -3.60. The number of likely N-dealkylation sites (N-methyl/N-ethyl adjacent to an activating group) is 1. The van der Waals surface area contributed by atoms with Gasteiger partial charge in [0.2, 0.25) is 21.8 Å².